The lowest BCUT2D eigenvalue weighted by Gasteiger charge is -2.31. The highest BCUT2D eigenvalue weighted by Crippen LogP contribution is 2.41. The first-order valence-electron chi connectivity index (χ1n) is 6.53. The van der Waals surface area contributed by atoms with E-state index >= 15 is 0 Å². The standard InChI is InChI=1S/C14H19ClN2/c15-12-2-4-14(11(8-12)5-6-16)17-9-10-1-3-13(17)7-10/h2,4,8,10,13H,1,3,5-7,9,16H2. The Balaban J connectivity index is 1.91. The molecule has 2 aliphatic rings. The Kier molecular flexibility index (Phi) is 3.01. The molecule has 0 aromatic heterocycles. The number of hydrogen-bond acceptors (Lipinski definition) is 2. The average molecular weight is 251 g/mol. The number of hydrogen-bond donors (Lipinski definition) is 1. The zero-order valence-electron chi connectivity index (χ0n) is 10.0. The van der Waals surface area contributed by atoms with Crippen molar-refractivity contribution in [3.8, 4) is 0 Å². The fourth-order valence-corrected chi connectivity index (χ4v) is 3.60. The van der Waals surface area contributed by atoms with Crippen molar-refractivity contribution >= 4 is 17.3 Å². The van der Waals surface area contributed by atoms with Gasteiger partial charge in [0.05, 0.1) is 0 Å². The van der Waals surface area contributed by atoms with Gasteiger partial charge in [-0.2, -0.15) is 0 Å². The smallest absolute Gasteiger partial charge is 0.0410 e. The normalized spacial score (nSPS) is 26.8. The van der Waals surface area contributed by atoms with Crippen molar-refractivity contribution in [2.45, 2.75) is 31.7 Å². The minimum atomic E-state index is 0.690. The summed E-state index contributed by atoms with van der Waals surface area (Å²) in [5.74, 6) is 0.918. The van der Waals surface area contributed by atoms with Gasteiger partial charge in [0.25, 0.3) is 0 Å². The number of halogens is 1. The van der Waals surface area contributed by atoms with Crippen molar-refractivity contribution in [1.82, 2.24) is 0 Å². The third-order valence-electron chi connectivity index (χ3n) is 4.17. The number of anilines is 1. The topological polar surface area (TPSA) is 29.3 Å². The van der Waals surface area contributed by atoms with Gasteiger partial charge in [0.2, 0.25) is 0 Å². The van der Waals surface area contributed by atoms with E-state index in [0.717, 1.165) is 23.4 Å². The molecule has 1 aliphatic heterocycles. The summed E-state index contributed by atoms with van der Waals surface area (Å²) in [5.41, 5.74) is 8.37. The molecular weight excluding hydrogens is 232 g/mol. The molecule has 0 radical (unpaired) electrons. The summed E-state index contributed by atoms with van der Waals surface area (Å²) in [6.07, 6.45) is 5.07. The van der Waals surface area contributed by atoms with Gasteiger partial charge in [-0.3, -0.25) is 0 Å². The van der Waals surface area contributed by atoms with Crippen molar-refractivity contribution in [3.05, 3.63) is 28.8 Å². The molecular formula is C14H19ClN2. The Morgan fingerprint density at radius 1 is 1.35 bits per heavy atom. The van der Waals surface area contributed by atoms with E-state index in [4.69, 9.17) is 17.3 Å². The van der Waals surface area contributed by atoms with E-state index in [9.17, 15) is 0 Å². The number of nitrogens with zero attached hydrogens (tertiary/aromatic N) is 1. The Morgan fingerprint density at radius 2 is 2.24 bits per heavy atom. The van der Waals surface area contributed by atoms with Crippen LogP contribution in [0.1, 0.15) is 24.8 Å². The molecule has 92 valence electrons. The van der Waals surface area contributed by atoms with E-state index in [1.165, 1.54) is 37.1 Å². The number of nitrogens with two attached hydrogens (primary N) is 1. The van der Waals surface area contributed by atoms with Gasteiger partial charge >= 0.3 is 0 Å². The van der Waals surface area contributed by atoms with E-state index in [2.05, 4.69) is 17.0 Å². The molecule has 1 aliphatic carbocycles. The molecule has 1 saturated heterocycles. The van der Waals surface area contributed by atoms with Gasteiger partial charge in [0.15, 0.2) is 0 Å². The van der Waals surface area contributed by atoms with Crippen LogP contribution in [0, 0.1) is 5.92 Å². The average Bonchev–Trinajstić information content (AvgIpc) is 2.91. The van der Waals surface area contributed by atoms with E-state index in [0.29, 0.717) is 6.54 Å². The molecule has 1 saturated carbocycles. The van der Waals surface area contributed by atoms with E-state index < -0.39 is 0 Å². The summed E-state index contributed by atoms with van der Waals surface area (Å²) in [4.78, 5) is 2.58. The number of rotatable bonds is 3. The maximum atomic E-state index is 6.08. The maximum Gasteiger partial charge on any atom is 0.0410 e. The molecule has 0 spiro atoms. The highest BCUT2D eigenvalue weighted by atomic mass is 35.5. The van der Waals surface area contributed by atoms with Crippen LogP contribution in [0.3, 0.4) is 0 Å². The van der Waals surface area contributed by atoms with Gasteiger partial charge in [-0.15, -0.1) is 0 Å². The molecule has 2 nitrogen and oxygen atoms in total. The molecule has 2 bridgehead atoms. The van der Waals surface area contributed by atoms with E-state index in [-0.39, 0.29) is 0 Å². The molecule has 1 aromatic carbocycles. The molecule has 1 heterocycles. The van der Waals surface area contributed by atoms with Crippen molar-refractivity contribution in [1.29, 1.82) is 0 Å². The Bertz CT molecular complexity index is 419. The third-order valence-corrected chi connectivity index (χ3v) is 4.41. The lowest BCUT2D eigenvalue weighted by molar-refractivity contribution is 0.552. The molecule has 2 atom stereocenters. The first-order valence-corrected chi connectivity index (χ1v) is 6.91. The van der Waals surface area contributed by atoms with E-state index in [1.807, 2.05) is 6.07 Å². The highest BCUT2D eigenvalue weighted by molar-refractivity contribution is 6.30. The minimum absolute atomic E-state index is 0.690. The Morgan fingerprint density at radius 3 is 2.88 bits per heavy atom. The first kappa shape index (κ1) is 11.4. The summed E-state index contributed by atoms with van der Waals surface area (Å²) in [6, 6.07) is 7.02. The van der Waals surface area contributed by atoms with E-state index in [1.54, 1.807) is 0 Å². The molecule has 2 fully saturated rings. The lowest BCUT2D eigenvalue weighted by Crippen LogP contribution is -2.32. The van der Waals surface area contributed by atoms with Crippen LogP contribution in [0.2, 0.25) is 5.02 Å². The Labute approximate surface area is 108 Å². The number of piperidine rings is 1. The summed E-state index contributed by atoms with van der Waals surface area (Å²) in [7, 11) is 0. The van der Waals surface area contributed by atoms with Gasteiger partial charge in [-0.05, 0) is 61.9 Å². The molecule has 3 heteroatoms. The zero-order valence-corrected chi connectivity index (χ0v) is 10.8. The SMILES string of the molecule is NCCc1cc(Cl)ccc1N1CC2CCC1C2. The summed E-state index contributed by atoms with van der Waals surface area (Å²) >= 11 is 6.08. The summed E-state index contributed by atoms with van der Waals surface area (Å²) in [5, 5.41) is 0.821. The van der Waals surface area contributed by atoms with Gasteiger partial charge in [-0.1, -0.05) is 11.6 Å². The molecule has 0 amide bonds. The van der Waals surface area contributed by atoms with Crippen LogP contribution in [0.4, 0.5) is 5.69 Å². The predicted octanol–water partition coefficient (Wildman–Crippen LogP) is 2.83. The maximum absolute atomic E-state index is 6.08. The van der Waals surface area contributed by atoms with Crippen molar-refractivity contribution in [2.24, 2.45) is 11.7 Å². The molecule has 17 heavy (non-hydrogen) atoms. The molecule has 2 unspecified atom stereocenters. The predicted molar refractivity (Wildman–Crippen MR) is 72.7 cm³/mol. The second kappa shape index (κ2) is 4.51. The fraction of sp³-hybridized carbons (Fsp3) is 0.571. The first-order chi connectivity index (χ1) is 8.28. The highest BCUT2D eigenvalue weighted by Gasteiger charge is 2.38. The summed E-state index contributed by atoms with van der Waals surface area (Å²) < 4.78 is 0. The lowest BCUT2D eigenvalue weighted by atomic mass is 10.1. The second-order valence-corrected chi connectivity index (χ2v) is 5.73. The summed E-state index contributed by atoms with van der Waals surface area (Å²) in [6.45, 7) is 1.92. The second-order valence-electron chi connectivity index (χ2n) is 5.30. The fourth-order valence-electron chi connectivity index (χ4n) is 3.41. The van der Waals surface area contributed by atoms with Crippen molar-refractivity contribution < 1.29 is 0 Å². The number of fused-ring (bicyclic) bond motifs is 2. The van der Waals surface area contributed by atoms with Gasteiger partial charge < -0.3 is 10.6 Å². The minimum Gasteiger partial charge on any atom is -0.368 e. The van der Waals surface area contributed by atoms with Gasteiger partial charge in [-0.25, -0.2) is 0 Å². The van der Waals surface area contributed by atoms with Crippen molar-refractivity contribution in [2.75, 3.05) is 18.0 Å². The largest absolute Gasteiger partial charge is 0.368 e. The quantitative estimate of drug-likeness (QED) is 0.894. The molecule has 1 aromatic rings. The van der Waals surface area contributed by atoms with Crippen LogP contribution >= 0.6 is 11.6 Å². The van der Waals surface area contributed by atoms with Crippen LogP contribution in [0.15, 0.2) is 18.2 Å². The van der Waals surface area contributed by atoms with Crippen LogP contribution in [0.5, 0.6) is 0 Å². The monoisotopic (exact) mass is 250 g/mol. The zero-order chi connectivity index (χ0) is 11.8. The Hall–Kier alpha value is -0.730. The van der Waals surface area contributed by atoms with Gasteiger partial charge in [0, 0.05) is 23.3 Å². The number of benzene rings is 1. The third kappa shape index (κ3) is 2.04. The van der Waals surface area contributed by atoms with Crippen LogP contribution < -0.4 is 10.6 Å². The molecule has 2 N–H and O–H groups in total. The van der Waals surface area contributed by atoms with Crippen LogP contribution in [-0.4, -0.2) is 19.1 Å². The van der Waals surface area contributed by atoms with Crippen LogP contribution in [-0.2, 0) is 6.42 Å². The van der Waals surface area contributed by atoms with Gasteiger partial charge in [0.1, 0.15) is 0 Å². The van der Waals surface area contributed by atoms with Crippen LogP contribution in [0.25, 0.3) is 0 Å². The molecule has 3 rings (SSSR count). The van der Waals surface area contributed by atoms with Crippen molar-refractivity contribution in [3.63, 3.8) is 0 Å².